The molecule has 2 amide bonds. The number of para-hydroxylation sites is 1. The van der Waals surface area contributed by atoms with E-state index in [0.29, 0.717) is 44.8 Å². The predicted molar refractivity (Wildman–Crippen MR) is 171 cm³/mol. The third kappa shape index (κ3) is 7.02. The van der Waals surface area contributed by atoms with E-state index in [-0.39, 0.29) is 60.6 Å². The highest BCUT2D eigenvalue weighted by Crippen LogP contribution is 2.37. The van der Waals surface area contributed by atoms with Gasteiger partial charge in [-0.3, -0.25) is 9.59 Å². The van der Waals surface area contributed by atoms with Gasteiger partial charge in [-0.25, -0.2) is 8.42 Å². The van der Waals surface area contributed by atoms with E-state index in [1.807, 2.05) is 36.4 Å². The number of aliphatic hydroxyl groups is 1. The van der Waals surface area contributed by atoms with Gasteiger partial charge in [0.1, 0.15) is 11.3 Å². The zero-order chi connectivity index (χ0) is 32.9. The maximum absolute atomic E-state index is 13.7. The number of benzene rings is 2. The molecule has 2 N–H and O–H groups in total. The van der Waals surface area contributed by atoms with Gasteiger partial charge in [0.05, 0.1) is 31.9 Å². The minimum absolute atomic E-state index is 0.00298. The van der Waals surface area contributed by atoms with E-state index in [0.717, 1.165) is 5.69 Å². The predicted octanol–water partition coefficient (Wildman–Crippen LogP) is 2.55. The van der Waals surface area contributed by atoms with E-state index in [2.05, 4.69) is 24.1 Å². The van der Waals surface area contributed by atoms with Crippen LogP contribution in [0.1, 0.15) is 33.1 Å². The van der Waals surface area contributed by atoms with Gasteiger partial charge in [-0.15, -0.1) is 0 Å². The lowest BCUT2D eigenvalue weighted by Crippen LogP contribution is -2.57. The average molecular weight is 657 g/mol. The van der Waals surface area contributed by atoms with Gasteiger partial charge in [-0.05, 0) is 67.2 Å². The summed E-state index contributed by atoms with van der Waals surface area (Å²) in [5.41, 5.74) is 0.256. The van der Waals surface area contributed by atoms with Gasteiger partial charge in [0.25, 0.3) is 5.91 Å². The first kappa shape index (κ1) is 33.7. The second kappa shape index (κ2) is 14.4. The van der Waals surface area contributed by atoms with E-state index >= 15 is 0 Å². The second-order valence-electron chi connectivity index (χ2n) is 12.1. The van der Waals surface area contributed by atoms with E-state index < -0.39 is 21.9 Å². The summed E-state index contributed by atoms with van der Waals surface area (Å²) in [6.45, 7) is 4.89. The summed E-state index contributed by atoms with van der Waals surface area (Å²) in [6, 6.07) is 15.9. The highest BCUT2D eigenvalue weighted by molar-refractivity contribution is 7.89. The fourth-order valence-corrected chi connectivity index (χ4v) is 7.73. The Morgan fingerprint density at radius 3 is 2.43 bits per heavy atom. The average Bonchev–Trinajstić information content (AvgIpc) is 3.38. The van der Waals surface area contributed by atoms with Gasteiger partial charge >= 0.3 is 0 Å². The quantitative estimate of drug-likeness (QED) is 0.353. The first-order valence-corrected chi connectivity index (χ1v) is 17.2. The normalized spacial score (nSPS) is 21.3. The summed E-state index contributed by atoms with van der Waals surface area (Å²) in [7, 11) is -2.39. The summed E-state index contributed by atoms with van der Waals surface area (Å²) < 4.78 is 44.9. The third-order valence-electron chi connectivity index (χ3n) is 9.13. The standard InChI is InChI=1S/C33H44N4O8S/c1-24(2)25-21-29(31(39)35-15-13-33(14-16-35)32(40)34-23-37(33)26-7-5-4-6-8-26)45-30(22-25)44-20-18-36(17-19-38)46(41,42)28-11-9-27(43-3)10-12-28/h4-12,21,24-25,30,38H,13-20,22-23H2,1-3H3,(H,34,40). The molecule has 46 heavy (non-hydrogen) atoms. The number of nitrogens with zero attached hydrogens (tertiary/aromatic N) is 3. The number of rotatable bonds is 12. The Hall–Kier alpha value is -3.65. The van der Waals surface area contributed by atoms with Gasteiger partial charge in [-0.2, -0.15) is 4.31 Å². The summed E-state index contributed by atoms with van der Waals surface area (Å²) in [5.74, 6) is 0.701. The monoisotopic (exact) mass is 656 g/mol. The van der Waals surface area contributed by atoms with Crippen molar-refractivity contribution in [2.75, 3.05) is 58.1 Å². The molecule has 0 saturated carbocycles. The van der Waals surface area contributed by atoms with Crippen LogP contribution < -0.4 is 15.0 Å². The summed E-state index contributed by atoms with van der Waals surface area (Å²) in [5, 5.41) is 12.6. The number of ether oxygens (including phenoxy) is 3. The van der Waals surface area contributed by atoms with Crippen molar-refractivity contribution in [3.8, 4) is 5.75 Å². The zero-order valence-corrected chi connectivity index (χ0v) is 27.4. The molecule has 3 aliphatic heterocycles. The van der Waals surface area contributed by atoms with Gasteiger partial charge in [-0.1, -0.05) is 32.0 Å². The van der Waals surface area contributed by atoms with Crippen LogP contribution in [0, 0.1) is 11.8 Å². The number of hydrogen-bond donors (Lipinski definition) is 2. The Labute approximate surface area is 270 Å². The van der Waals surface area contributed by atoms with Gasteiger partial charge in [0, 0.05) is 38.3 Å². The fourth-order valence-electron chi connectivity index (χ4n) is 6.32. The van der Waals surface area contributed by atoms with Crippen LogP contribution in [0.2, 0.25) is 0 Å². The fraction of sp³-hybridized carbons (Fsp3) is 0.515. The van der Waals surface area contributed by atoms with Gasteiger partial charge in [0.2, 0.25) is 22.2 Å². The van der Waals surface area contributed by atoms with E-state index in [9.17, 15) is 23.1 Å². The molecule has 3 heterocycles. The minimum atomic E-state index is -3.90. The first-order chi connectivity index (χ1) is 22.1. The third-order valence-corrected chi connectivity index (χ3v) is 11.0. The SMILES string of the molecule is COc1ccc(S(=O)(=O)N(CCO)CCOC2CC(C(C)C)C=C(C(=O)N3CCC4(CC3)C(=O)NCN4c3ccccc3)O2)cc1. The number of hydrogen-bond acceptors (Lipinski definition) is 9. The highest BCUT2D eigenvalue weighted by Gasteiger charge is 2.51. The van der Waals surface area contributed by atoms with Crippen molar-refractivity contribution in [2.45, 2.75) is 49.8 Å². The van der Waals surface area contributed by atoms with Crippen LogP contribution in [0.4, 0.5) is 5.69 Å². The molecule has 1 spiro atoms. The molecule has 2 atom stereocenters. The molecular formula is C33H44N4O8S. The number of nitrogens with one attached hydrogen (secondary N) is 1. The number of amides is 2. The van der Waals surface area contributed by atoms with Crippen LogP contribution in [0.3, 0.4) is 0 Å². The lowest BCUT2D eigenvalue weighted by Gasteiger charge is -2.43. The number of aliphatic hydroxyl groups excluding tert-OH is 1. The largest absolute Gasteiger partial charge is 0.497 e. The number of piperidine rings is 1. The van der Waals surface area contributed by atoms with E-state index in [1.54, 1.807) is 17.0 Å². The molecule has 12 nitrogen and oxygen atoms in total. The molecule has 0 bridgehead atoms. The Kier molecular flexibility index (Phi) is 10.6. The summed E-state index contributed by atoms with van der Waals surface area (Å²) in [4.78, 5) is 30.7. The van der Waals surface area contributed by atoms with E-state index in [1.165, 1.54) is 23.5 Å². The Morgan fingerprint density at radius 1 is 1.11 bits per heavy atom. The van der Waals surface area contributed by atoms with Crippen molar-refractivity contribution >= 4 is 27.5 Å². The topological polar surface area (TPSA) is 138 Å². The van der Waals surface area contributed by atoms with Crippen LogP contribution in [-0.4, -0.2) is 99.5 Å². The highest BCUT2D eigenvalue weighted by atomic mass is 32.2. The van der Waals surface area contributed by atoms with Crippen molar-refractivity contribution in [3.63, 3.8) is 0 Å². The molecule has 0 aliphatic carbocycles. The number of sulfonamides is 1. The molecule has 5 rings (SSSR count). The molecule has 3 aliphatic rings. The Balaban J connectivity index is 1.21. The molecule has 2 unspecified atom stereocenters. The van der Waals surface area contributed by atoms with Gasteiger partial charge in [0.15, 0.2) is 5.76 Å². The minimum Gasteiger partial charge on any atom is -0.497 e. The molecule has 0 aromatic heterocycles. The summed E-state index contributed by atoms with van der Waals surface area (Å²) >= 11 is 0. The van der Waals surface area contributed by atoms with Crippen LogP contribution in [0.25, 0.3) is 0 Å². The molecule has 13 heteroatoms. The lowest BCUT2D eigenvalue weighted by molar-refractivity contribution is -0.157. The molecule has 2 aromatic rings. The van der Waals surface area contributed by atoms with Gasteiger partial charge < -0.3 is 34.4 Å². The number of allylic oxidation sites excluding steroid dienone is 1. The molecule has 250 valence electrons. The number of carbonyl (C=O) groups is 2. The van der Waals surface area contributed by atoms with Crippen molar-refractivity contribution in [1.29, 1.82) is 0 Å². The maximum Gasteiger partial charge on any atom is 0.288 e. The smallest absolute Gasteiger partial charge is 0.288 e. The molecule has 0 radical (unpaired) electrons. The Bertz CT molecular complexity index is 1490. The van der Waals surface area contributed by atoms with Crippen LogP contribution in [0.5, 0.6) is 5.75 Å². The number of likely N-dealkylation sites (tertiary alicyclic amines) is 1. The molecule has 2 saturated heterocycles. The van der Waals surface area contributed by atoms with Crippen LogP contribution >= 0.6 is 0 Å². The van der Waals surface area contributed by atoms with Crippen molar-refractivity contribution in [2.24, 2.45) is 11.8 Å². The first-order valence-electron chi connectivity index (χ1n) is 15.7. The zero-order valence-electron chi connectivity index (χ0n) is 26.6. The van der Waals surface area contributed by atoms with Crippen molar-refractivity contribution < 1.29 is 37.3 Å². The Morgan fingerprint density at radius 2 is 1.80 bits per heavy atom. The van der Waals surface area contributed by atoms with Crippen molar-refractivity contribution in [1.82, 2.24) is 14.5 Å². The number of carbonyl (C=O) groups excluding carboxylic acids is 2. The van der Waals surface area contributed by atoms with E-state index in [4.69, 9.17) is 14.2 Å². The molecule has 2 fully saturated rings. The van der Waals surface area contributed by atoms with Crippen molar-refractivity contribution in [3.05, 3.63) is 66.4 Å². The van der Waals surface area contributed by atoms with Crippen LogP contribution in [-0.2, 0) is 29.1 Å². The number of methoxy groups -OCH3 is 1. The second-order valence-corrected chi connectivity index (χ2v) is 14.1. The molecular weight excluding hydrogens is 612 g/mol. The maximum atomic E-state index is 13.7. The lowest BCUT2D eigenvalue weighted by atomic mass is 9.85. The summed E-state index contributed by atoms with van der Waals surface area (Å²) in [6.07, 6.45) is 2.60. The number of anilines is 1. The van der Waals surface area contributed by atoms with Crippen LogP contribution in [0.15, 0.2) is 71.3 Å². The molecule has 2 aromatic carbocycles.